The first-order chi connectivity index (χ1) is 20.0. The van der Waals surface area contributed by atoms with Gasteiger partial charge in [0.05, 0.1) is 11.7 Å². The molecular weight excluding hydrogens is 523 g/mol. The number of nitrogens with one attached hydrogen (secondary N) is 3. The Kier molecular flexibility index (Phi) is 8.68. The number of rotatable bonds is 12. The number of carbonyl (C=O) groups excluding carboxylic acids is 1. The largest absolute Gasteiger partial charge is 0.491 e. The van der Waals surface area contributed by atoms with Crippen LogP contribution in [0.15, 0.2) is 79.1 Å². The van der Waals surface area contributed by atoms with Crippen LogP contribution in [0.4, 0.5) is 15.9 Å². The number of H-pyrrole nitrogens is 1. The van der Waals surface area contributed by atoms with Crippen LogP contribution in [0.1, 0.15) is 20.3 Å². The number of aromatic amines is 1. The highest BCUT2D eigenvalue weighted by Crippen LogP contribution is 2.32. The van der Waals surface area contributed by atoms with Gasteiger partial charge in [0, 0.05) is 34.4 Å². The number of hydrogen-bond donors (Lipinski definition) is 3. The van der Waals surface area contributed by atoms with Crippen molar-refractivity contribution in [1.29, 1.82) is 0 Å². The Morgan fingerprint density at radius 3 is 2.56 bits per heavy atom. The minimum absolute atomic E-state index is 0.0369. The van der Waals surface area contributed by atoms with Gasteiger partial charge in [0.15, 0.2) is 12.4 Å². The van der Waals surface area contributed by atoms with E-state index >= 15 is 0 Å². The molecule has 2 heterocycles. The third kappa shape index (κ3) is 6.96. The Balaban J connectivity index is 1.45. The third-order valence-corrected chi connectivity index (χ3v) is 6.47. The van der Waals surface area contributed by atoms with Crippen molar-refractivity contribution in [2.45, 2.75) is 26.3 Å². The Hall–Kier alpha value is -4.99. The van der Waals surface area contributed by atoms with Crippen molar-refractivity contribution in [3.8, 4) is 34.0 Å². The third-order valence-electron chi connectivity index (χ3n) is 6.47. The lowest BCUT2D eigenvalue weighted by Gasteiger charge is -2.14. The summed E-state index contributed by atoms with van der Waals surface area (Å²) in [5.41, 5.74) is 4.24. The number of nitrogens with zero attached hydrogens (tertiary/aromatic N) is 3. The van der Waals surface area contributed by atoms with Crippen molar-refractivity contribution in [2.75, 3.05) is 25.2 Å². The van der Waals surface area contributed by atoms with Crippen LogP contribution in [0, 0.1) is 0 Å². The lowest BCUT2D eigenvalue weighted by atomic mass is 10.1. The molecule has 2 aromatic heterocycles. The molecule has 0 unspecified atom stereocenters. The summed E-state index contributed by atoms with van der Waals surface area (Å²) in [4.78, 5) is 21.8. The van der Waals surface area contributed by atoms with E-state index in [4.69, 9.17) is 19.4 Å². The maximum Gasteiger partial charge on any atom is 0.258 e. The highest BCUT2D eigenvalue weighted by atomic mass is 19.1. The number of halogens is 1. The summed E-state index contributed by atoms with van der Waals surface area (Å²) in [6, 6.07) is 20.7. The van der Waals surface area contributed by atoms with E-state index in [0.29, 0.717) is 28.7 Å². The Morgan fingerprint density at radius 2 is 1.80 bits per heavy atom. The Labute approximate surface area is 237 Å². The fourth-order valence-corrected chi connectivity index (χ4v) is 4.16. The van der Waals surface area contributed by atoms with Gasteiger partial charge in [-0.3, -0.25) is 9.89 Å². The van der Waals surface area contributed by atoms with Gasteiger partial charge in [0.25, 0.3) is 5.91 Å². The summed E-state index contributed by atoms with van der Waals surface area (Å²) >= 11 is 0. The zero-order chi connectivity index (χ0) is 28.6. The molecule has 0 aliphatic heterocycles. The quantitative estimate of drug-likeness (QED) is 0.171. The van der Waals surface area contributed by atoms with Gasteiger partial charge in [-0.1, -0.05) is 31.2 Å². The van der Waals surface area contributed by atoms with Gasteiger partial charge in [-0.25, -0.2) is 14.4 Å². The highest BCUT2D eigenvalue weighted by Gasteiger charge is 2.13. The highest BCUT2D eigenvalue weighted by molar-refractivity contribution is 5.93. The van der Waals surface area contributed by atoms with Crippen LogP contribution in [-0.2, 0) is 4.79 Å². The molecule has 5 rings (SSSR count). The van der Waals surface area contributed by atoms with Gasteiger partial charge < -0.3 is 20.1 Å². The maximum atomic E-state index is 12.7. The van der Waals surface area contributed by atoms with Crippen LogP contribution in [0.3, 0.4) is 0 Å². The van der Waals surface area contributed by atoms with Gasteiger partial charge in [0.2, 0.25) is 0 Å². The second-order valence-electron chi connectivity index (χ2n) is 9.49. The number of alkyl halides is 1. The molecule has 41 heavy (non-hydrogen) atoms. The lowest BCUT2D eigenvalue weighted by Crippen LogP contribution is -2.35. The minimum atomic E-state index is -0.584. The fraction of sp³-hybridized carbons (Fsp3) is 0.226. The van der Waals surface area contributed by atoms with E-state index in [1.165, 1.54) is 0 Å². The van der Waals surface area contributed by atoms with Gasteiger partial charge >= 0.3 is 0 Å². The molecule has 0 saturated carbocycles. The van der Waals surface area contributed by atoms with Crippen molar-refractivity contribution in [1.82, 2.24) is 25.5 Å². The molecule has 0 radical (unpaired) electrons. The van der Waals surface area contributed by atoms with E-state index in [1.807, 2.05) is 62.5 Å². The maximum absolute atomic E-state index is 12.7. The molecule has 0 aliphatic carbocycles. The number of fused-ring (bicyclic) bond motifs is 1. The number of ether oxygens (including phenoxy) is 2. The van der Waals surface area contributed by atoms with E-state index in [9.17, 15) is 9.18 Å². The SMILES string of the molecule is CC[C@H](C)NC(=O)COc1cccc(-c2nc(Nc3ccc(-c4cn[nH]c4)cc3)c3cc(OCCF)ccc3n2)c1. The van der Waals surface area contributed by atoms with Gasteiger partial charge in [-0.15, -0.1) is 0 Å². The zero-order valence-electron chi connectivity index (χ0n) is 22.9. The van der Waals surface area contributed by atoms with Crippen LogP contribution in [0.25, 0.3) is 33.4 Å². The second-order valence-corrected chi connectivity index (χ2v) is 9.49. The summed E-state index contributed by atoms with van der Waals surface area (Å²) in [5, 5.41) is 13.9. The molecule has 1 atom stereocenters. The van der Waals surface area contributed by atoms with Gasteiger partial charge in [-0.2, -0.15) is 5.10 Å². The van der Waals surface area contributed by atoms with Crippen LogP contribution in [-0.4, -0.2) is 52.0 Å². The molecule has 0 aliphatic rings. The van der Waals surface area contributed by atoms with Gasteiger partial charge in [-0.05, 0) is 61.4 Å². The first-order valence-electron chi connectivity index (χ1n) is 13.4. The topological polar surface area (TPSA) is 114 Å². The van der Waals surface area contributed by atoms with Crippen molar-refractivity contribution >= 4 is 28.3 Å². The van der Waals surface area contributed by atoms with E-state index < -0.39 is 6.67 Å². The number of benzene rings is 3. The first-order valence-corrected chi connectivity index (χ1v) is 13.4. The molecule has 3 N–H and O–H groups in total. The van der Waals surface area contributed by atoms with Crippen molar-refractivity contribution < 1.29 is 18.7 Å². The van der Waals surface area contributed by atoms with Crippen molar-refractivity contribution in [3.63, 3.8) is 0 Å². The van der Waals surface area contributed by atoms with Gasteiger partial charge in [0.1, 0.15) is 30.6 Å². The molecule has 0 spiro atoms. The van der Waals surface area contributed by atoms with Crippen LogP contribution in [0.2, 0.25) is 0 Å². The molecule has 9 nitrogen and oxygen atoms in total. The summed E-state index contributed by atoms with van der Waals surface area (Å²) in [6.45, 7) is 3.25. The summed E-state index contributed by atoms with van der Waals surface area (Å²) < 4.78 is 24.0. The Morgan fingerprint density at radius 1 is 0.976 bits per heavy atom. The predicted octanol–water partition coefficient (Wildman–Crippen LogP) is 6.07. The lowest BCUT2D eigenvalue weighted by molar-refractivity contribution is -0.123. The molecule has 1 amide bonds. The summed E-state index contributed by atoms with van der Waals surface area (Å²) in [7, 11) is 0. The average Bonchev–Trinajstić information content (AvgIpc) is 3.55. The molecule has 0 saturated heterocycles. The van der Waals surface area contributed by atoms with E-state index in [0.717, 1.165) is 34.2 Å². The monoisotopic (exact) mass is 554 g/mol. The molecule has 210 valence electrons. The summed E-state index contributed by atoms with van der Waals surface area (Å²) in [6.07, 6.45) is 4.44. The number of anilines is 2. The fourth-order valence-electron chi connectivity index (χ4n) is 4.16. The minimum Gasteiger partial charge on any atom is -0.491 e. The first kappa shape index (κ1) is 27.6. The number of amides is 1. The molecular formula is C31H31FN6O3. The van der Waals surface area contributed by atoms with Crippen molar-refractivity contribution in [2.24, 2.45) is 0 Å². The van der Waals surface area contributed by atoms with E-state index in [2.05, 4.69) is 20.8 Å². The normalized spacial score (nSPS) is 11.7. The number of hydrogen-bond acceptors (Lipinski definition) is 7. The van der Waals surface area contributed by atoms with Crippen LogP contribution < -0.4 is 20.1 Å². The molecule has 10 heteroatoms. The molecule has 5 aromatic rings. The van der Waals surface area contributed by atoms with E-state index in [1.54, 1.807) is 30.5 Å². The van der Waals surface area contributed by atoms with Crippen LogP contribution >= 0.6 is 0 Å². The molecule has 0 bridgehead atoms. The Bertz CT molecular complexity index is 1610. The predicted molar refractivity (Wildman–Crippen MR) is 157 cm³/mol. The van der Waals surface area contributed by atoms with Crippen molar-refractivity contribution in [3.05, 3.63) is 79.1 Å². The average molecular weight is 555 g/mol. The smallest absolute Gasteiger partial charge is 0.258 e. The second kappa shape index (κ2) is 12.9. The standard InChI is InChI=1S/C31H31FN6O3/c1-3-20(2)35-29(39)19-41-25-6-4-5-22(15-25)30-37-28-12-11-26(40-14-13-32)16-27(28)31(38-30)36-24-9-7-21(8-10-24)23-17-33-34-18-23/h4-12,15-18,20H,3,13-14,19H2,1-2H3,(H,33,34)(H,35,39)(H,36,37,38)/t20-/m0/s1. The van der Waals surface area contributed by atoms with E-state index in [-0.39, 0.29) is 25.2 Å². The number of carbonyl (C=O) groups is 1. The molecule has 0 fully saturated rings. The van der Waals surface area contributed by atoms with Crippen LogP contribution in [0.5, 0.6) is 11.5 Å². The summed E-state index contributed by atoms with van der Waals surface area (Å²) in [5.74, 6) is 1.91. The molecule has 3 aromatic carbocycles. The number of aromatic nitrogens is 4. The zero-order valence-corrected chi connectivity index (χ0v) is 22.9.